The Morgan fingerprint density at radius 1 is 1.32 bits per heavy atom. The molecule has 0 aliphatic heterocycles. The van der Waals surface area contributed by atoms with Crippen LogP contribution in [0.1, 0.15) is 38.3 Å². The summed E-state index contributed by atoms with van der Waals surface area (Å²) in [5.74, 6) is -1.02. The molecule has 1 amide bonds. The number of aliphatic carboxylic acids is 1. The summed E-state index contributed by atoms with van der Waals surface area (Å²) in [5.41, 5.74) is 0.825. The summed E-state index contributed by atoms with van der Waals surface area (Å²) in [6.45, 7) is 4.20. The molecule has 0 heterocycles. The van der Waals surface area contributed by atoms with E-state index in [1.165, 1.54) is 0 Å². The molecule has 5 nitrogen and oxygen atoms in total. The van der Waals surface area contributed by atoms with E-state index in [9.17, 15) is 14.7 Å². The van der Waals surface area contributed by atoms with E-state index in [0.29, 0.717) is 6.54 Å². The number of nitrogens with zero attached hydrogens (tertiary/aromatic N) is 1. The molecule has 1 aromatic rings. The number of carbonyl (C=O) groups is 2. The molecule has 1 aromatic carbocycles. The number of carboxylic acid groups (broad SMARTS) is 1. The lowest BCUT2D eigenvalue weighted by Gasteiger charge is -2.28. The normalized spacial score (nSPS) is 11.9. The molecule has 0 spiro atoms. The summed E-state index contributed by atoms with van der Waals surface area (Å²) in [6, 6.07) is 6.53. The van der Waals surface area contributed by atoms with Crippen LogP contribution < -0.4 is 0 Å². The van der Waals surface area contributed by atoms with Crippen molar-refractivity contribution in [3.8, 4) is 5.75 Å². The fraction of sp³-hybridized carbons (Fsp3) is 0.429. The number of carbonyl (C=O) groups excluding carboxylic acids is 1. The molecular weight excluding hydrogens is 246 g/mol. The number of aromatic hydroxyl groups is 1. The Hall–Kier alpha value is -2.04. The lowest BCUT2D eigenvalue weighted by molar-refractivity contribution is -0.141. The van der Waals surface area contributed by atoms with E-state index < -0.39 is 5.97 Å². The summed E-state index contributed by atoms with van der Waals surface area (Å²) in [5, 5.41) is 18.1. The van der Waals surface area contributed by atoms with Gasteiger partial charge in [-0.1, -0.05) is 12.1 Å². The second-order valence-electron chi connectivity index (χ2n) is 4.34. The number of hydrogen-bond acceptors (Lipinski definition) is 3. The van der Waals surface area contributed by atoms with Crippen molar-refractivity contribution in [1.82, 2.24) is 4.90 Å². The molecule has 0 bridgehead atoms. The first kappa shape index (κ1) is 15.0. The van der Waals surface area contributed by atoms with E-state index in [2.05, 4.69) is 0 Å². The highest BCUT2D eigenvalue weighted by Gasteiger charge is 2.20. The topological polar surface area (TPSA) is 77.8 Å². The van der Waals surface area contributed by atoms with E-state index in [0.717, 1.165) is 5.56 Å². The highest BCUT2D eigenvalue weighted by molar-refractivity contribution is 5.81. The number of carboxylic acids is 1. The van der Waals surface area contributed by atoms with E-state index in [1.807, 2.05) is 19.9 Å². The largest absolute Gasteiger partial charge is 0.508 e. The van der Waals surface area contributed by atoms with Crippen LogP contribution in [-0.2, 0) is 9.59 Å². The number of phenols is 1. The van der Waals surface area contributed by atoms with Gasteiger partial charge in [0.1, 0.15) is 5.75 Å². The smallest absolute Gasteiger partial charge is 0.303 e. The molecule has 0 saturated heterocycles. The minimum atomic E-state index is -0.977. The van der Waals surface area contributed by atoms with Gasteiger partial charge in [-0.15, -0.1) is 0 Å². The molecule has 104 valence electrons. The van der Waals surface area contributed by atoms with Crippen LogP contribution in [0.3, 0.4) is 0 Å². The van der Waals surface area contributed by atoms with Crippen LogP contribution in [0, 0.1) is 0 Å². The van der Waals surface area contributed by atoms with Gasteiger partial charge in [0.15, 0.2) is 0 Å². The number of benzene rings is 1. The fourth-order valence-electron chi connectivity index (χ4n) is 1.99. The van der Waals surface area contributed by atoms with Gasteiger partial charge in [0.05, 0.1) is 12.5 Å². The van der Waals surface area contributed by atoms with Crippen molar-refractivity contribution >= 4 is 11.9 Å². The lowest BCUT2D eigenvalue weighted by atomic mass is 10.1. The number of amides is 1. The standard InChI is InChI=1S/C14H19NO4/c1-3-15(13(17)7-8-14(18)19)10(2)11-5-4-6-12(16)9-11/h4-6,9-10,16H,3,7-8H2,1-2H3,(H,18,19). The van der Waals surface area contributed by atoms with Crippen molar-refractivity contribution in [2.45, 2.75) is 32.7 Å². The molecular formula is C14H19NO4. The maximum atomic E-state index is 12.0. The summed E-state index contributed by atoms with van der Waals surface area (Å²) in [7, 11) is 0. The molecule has 1 atom stereocenters. The highest BCUT2D eigenvalue weighted by atomic mass is 16.4. The van der Waals surface area contributed by atoms with Gasteiger partial charge in [-0.3, -0.25) is 9.59 Å². The zero-order valence-electron chi connectivity index (χ0n) is 11.2. The Bertz CT molecular complexity index is 459. The lowest BCUT2D eigenvalue weighted by Crippen LogP contribution is -2.33. The fourth-order valence-corrected chi connectivity index (χ4v) is 1.99. The number of rotatable bonds is 6. The van der Waals surface area contributed by atoms with Crippen LogP contribution in [0.5, 0.6) is 5.75 Å². The molecule has 19 heavy (non-hydrogen) atoms. The molecule has 0 aliphatic carbocycles. The maximum Gasteiger partial charge on any atom is 0.303 e. The van der Waals surface area contributed by atoms with Crippen LogP contribution in [0.2, 0.25) is 0 Å². The minimum Gasteiger partial charge on any atom is -0.508 e. The van der Waals surface area contributed by atoms with Crippen LogP contribution in [-0.4, -0.2) is 33.5 Å². The van der Waals surface area contributed by atoms with Crippen molar-refractivity contribution in [1.29, 1.82) is 0 Å². The molecule has 1 rings (SSSR count). The van der Waals surface area contributed by atoms with Crippen molar-refractivity contribution in [3.05, 3.63) is 29.8 Å². The second kappa shape index (κ2) is 6.78. The van der Waals surface area contributed by atoms with Gasteiger partial charge in [-0.25, -0.2) is 0 Å². The zero-order valence-corrected chi connectivity index (χ0v) is 11.2. The Morgan fingerprint density at radius 2 is 2.00 bits per heavy atom. The van der Waals surface area contributed by atoms with E-state index in [1.54, 1.807) is 23.1 Å². The van der Waals surface area contributed by atoms with Crippen molar-refractivity contribution in [2.75, 3.05) is 6.54 Å². The molecule has 5 heteroatoms. The van der Waals surface area contributed by atoms with Crippen molar-refractivity contribution in [3.63, 3.8) is 0 Å². The number of hydrogen-bond donors (Lipinski definition) is 2. The minimum absolute atomic E-state index is 0.00761. The zero-order chi connectivity index (χ0) is 14.4. The van der Waals surface area contributed by atoms with Crippen molar-refractivity contribution in [2.24, 2.45) is 0 Å². The number of phenolic OH excluding ortho intramolecular Hbond substituents is 1. The predicted molar refractivity (Wildman–Crippen MR) is 70.8 cm³/mol. The van der Waals surface area contributed by atoms with Crippen molar-refractivity contribution < 1.29 is 19.8 Å². The molecule has 0 aliphatic rings. The van der Waals surface area contributed by atoms with Crippen LogP contribution >= 0.6 is 0 Å². The third-order valence-electron chi connectivity index (χ3n) is 3.03. The molecule has 0 aromatic heterocycles. The van der Waals surface area contributed by atoms with E-state index >= 15 is 0 Å². The SMILES string of the molecule is CCN(C(=O)CCC(=O)O)C(C)c1cccc(O)c1. The molecule has 2 N–H and O–H groups in total. The molecule has 0 saturated carbocycles. The Kier molecular flexibility index (Phi) is 5.36. The van der Waals surface area contributed by atoms with Gasteiger partial charge in [0, 0.05) is 13.0 Å². The van der Waals surface area contributed by atoms with Crippen LogP contribution in [0.15, 0.2) is 24.3 Å². The summed E-state index contributed by atoms with van der Waals surface area (Å²) in [6.07, 6.45) is -0.172. The van der Waals surface area contributed by atoms with Gasteiger partial charge < -0.3 is 15.1 Å². The Labute approximate surface area is 112 Å². The van der Waals surface area contributed by atoms with Gasteiger partial charge >= 0.3 is 5.97 Å². The first-order valence-corrected chi connectivity index (χ1v) is 6.26. The van der Waals surface area contributed by atoms with Crippen LogP contribution in [0.25, 0.3) is 0 Å². The highest BCUT2D eigenvalue weighted by Crippen LogP contribution is 2.24. The van der Waals surface area contributed by atoms with Gasteiger partial charge in [-0.2, -0.15) is 0 Å². The second-order valence-corrected chi connectivity index (χ2v) is 4.34. The van der Waals surface area contributed by atoms with E-state index in [-0.39, 0.29) is 30.5 Å². The summed E-state index contributed by atoms with van der Waals surface area (Å²) < 4.78 is 0. The Morgan fingerprint density at radius 3 is 2.53 bits per heavy atom. The third-order valence-corrected chi connectivity index (χ3v) is 3.03. The maximum absolute atomic E-state index is 12.0. The molecule has 0 fully saturated rings. The average Bonchev–Trinajstić information content (AvgIpc) is 2.37. The van der Waals surface area contributed by atoms with Gasteiger partial charge in [0.25, 0.3) is 0 Å². The van der Waals surface area contributed by atoms with Gasteiger partial charge in [-0.05, 0) is 31.5 Å². The average molecular weight is 265 g/mol. The molecule has 1 unspecified atom stereocenters. The Balaban J connectivity index is 2.78. The van der Waals surface area contributed by atoms with Crippen LogP contribution in [0.4, 0.5) is 0 Å². The summed E-state index contributed by atoms with van der Waals surface area (Å²) >= 11 is 0. The monoisotopic (exact) mass is 265 g/mol. The quantitative estimate of drug-likeness (QED) is 0.826. The molecule has 0 radical (unpaired) electrons. The third kappa shape index (κ3) is 4.28. The summed E-state index contributed by atoms with van der Waals surface area (Å²) in [4.78, 5) is 24.1. The first-order valence-electron chi connectivity index (χ1n) is 6.26. The van der Waals surface area contributed by atoms with E-state index in [4.69, 9.17) is 5.11 Å². The first-order chi connectivity index (χ1) is 8.95. The van der Waals surface area contributed by atoms with Gasteiger partial charge in [0.2, 0.25) is 5.91 Å². The predicted octanol–water partition coefficient (Wildman–Crippen LogP) is 2.17.